The molecular weight excluding hydrogens is 284 g/mol. The molecule has 0 aliphatic heterocycles. The first-order valence-electron chi connectivity index (χ1n) is 8.94. The zero-order valence-corrected chi connectivity index (χ0v) is 15.3. The van der Waals surface area contributed by atoms with Gasteiger partial charge in [0.2, 0.25) is 0 Å². The number of hydrogen-bond donors (Lipinski definition) is 0. The van der Waals surface area contributed by atoms with Crippen LogP contribution in [0.3, 0.4) is 0 Å². The fraction of sp³-hybridized carbons (Fsp3) is 0.714. The molecule has 0 spiro atoms. The summed E-state index contributed by atoms with van der Waals surface area (Å²) in [4.78, 5) is 25.4. The van der Waals surface area contributed by atoms with Crippen LogP contribution in [0.1, 0.15) is 66.7 Å². The summed E-state index contributed by atoms with van der Waals surface area (Å²) in [5.74, 6) is 0.957. The van der Waals surface area contributed by atoms with Crippen molar-refractivity contribution in [2.24, 2.45) is 27.6 Å². The molecule has 0 radical (unpaired) electrons. The minimum absolute atomic E-state index is 0.0205. The maximum atomic E-state index is 12.8. The molecule has 3 rings (SSSR count). The van der Waals surface area contributed by atoms with Crippen LogP contribution >= 0.6 is 0 Å². The third-order valence-electron chi connectivity index (χ3n) is 8.24. The molecule has 2 nitrogen and oxygen atoms in total. The fourth-order valence-electron chi connectivity index (χ4n) is 5.69. The second-order valence-electron chi connectivity index (χ2n) is 9.18. The lowest BCUT2D eigenvalue weighted by molar-refractivity contribution is -0.168. The van der Waals surface area contributed by atoms with Crippen LogP contribution in [0.25, 0.3) is 0 Å². The molecule has 0 saturated heterocycles. The highest BCUT2D eigenvalue weighted by molar-refractivity contribution is 5.91. The summed E-state index contributed by atoms with van der Waals surface area (Å²) in [7, 11) is 0. The van der Waals surface area contributed by atoms with Gasteiger partial charge in [0, 0.05) is 18.3 Å². The van der Waals surface area contributed by atoms with E-state index >= 15 is 0 Å². The number of carbonyl (C=O) groups is 2. The lowest BCUT2D eigenvalue weighted by Gasteiger charge is -2.65. The van der Waals surface area contributed by atoms with Gasteiger partial charge >= 0.3 is 0 Å². The van der Waals surface area contributed by atoms with Crippen LogP contribution in [-0.2, 0) is 9.59 Å². The molecule has 0 bridgehead atoms. The maximum absolute atomic E-state index is 12.8. The zero-order valence-electron chi connectivity index (χ0n) is 15.3. The van der Waals surface area contributed by atoms with Crippen LogP contribution < -0.4 is 0 Å². The van der Waals surface area contributed by atoms with Gasteiger partial charge in [0.05, 0.1) is 5.41 Å². The molecule has 0 aromatic heterocycles. The van der Waals surface area contributed by atoms with Gasteiger partial charge in [0.15, 0.2) is 0 Å². The Bertz CT molecular complexity index is 626. The van der Waals surface area contributed by atoms with Gasteiger partial charge in [0.1, 0.15) is 11.6 Å². The Morgan fingerprint density at radius 2 is 1.70 bits per heavy atom. The van der Waals surface area contributed by atoms with Crippen LogP contribution in [0.5, 0.6) is 0 Å². The van der Waals surface area contributed by atoms with Crippen molar-refractivity contribution in [3.8, 4) is 0 Å². The molecule has 0 aromatic rings. The van der Waals surface area contributed by atoms with Gasteiger partial charge in [-0.1, -0.05) is 45.4 Å². The Morgan fingerprint density at radius 1 is 1.04 bits per heavy atom. The molecule has 4 atom stereocenters. The molecule has 3 aliphatic carbocycles. The minimum Gasteiger partial charge on any atom is -0.299 e. The van der Waals surface area contributed by atoms with Crippen molar-refractivity contribution in [1.82, 2.24) is 0 Å². The molecule has 23 heavy (non-hydrogen) atoms. The van der Waals surface area contributed by atoms with Gasteiger partial charge in [0.25, 0.3) is 0 Å². The number of allylic oxidation sites excluding steroid dienone is 3. The van der Waals surface area contributed by atoms with Crippen LogP contribution in [0, 0.1) is 27.6 Å². The van der Waals surface area contributed by atoms with Gasteiger partial charge in [-0.25, -0.2) is 0 Å². The van der Waals surface area contributed by atoms with Gasteiger partial charge in [-0.05, 0) is 42.9 Å². The smallest absolute Gasteiger partial charge is 0.146 e. The van der Waals surface area contributed by atoms with Crippen LogP contribution in [0.4, 0.5) is 0 Å². The van der Waals surface area contributed by atoms with Gasteiger partial charge in [-0.3, -0.25) is 9.59 Å². The molecule has 0 amide bonds. The van der Waals surface area contributed by atoms with Gasteiger partial charge in [-0.2, -0.15) is 0 Å². The number of ketones is 2. The maximum Gasteiger partial charge on any atom is 0.146 e. The average Bonchev–Trinajstić information content (AvgIpc) is 2.50. The van der Waals surface area contributed by atoms with E-state index in [9.17, 15) is 9.59 Å². The summed E-state index contributed by atoms with van der Waals surface area (Å²) >= 11 is 0. The van der Waals surface area contributed by atoms with Crippen molar-refractivity contribution in [3.63, 3.8) is 0 Å². The summed E-state index contributed by atoms with van der Waals surface area (Å²) in [6.45, 7) is 14.7. The van der Waals surface area contributed by atoms with E-state index in [2.05, 4.69) is 40.3 Å². The zero-order chi connectivity index (χ0) is 17.3. The topological polar surface area (TPSA) is 34.1 Å². The predicted octanol–water partition coefficient (Wildman–Crippen LogP) is 4.89. The first-order chi connectivity index (χ1) is 10.5. The quantitative estimate of drug-likeness (QED) is 0.646. The van der Waals surface area contributed by atoms with E-state index in [0.29, 0.717) is 18.6 Å². The van der Waals surface area contributed by atoms with Crippen LogP contribution in [0.2, 0.25) is 0 Å². The van der Waals surface area contributed by atoms with Crippen LogP contribution in [0.15, 0.2) is 24.3 Å². The molecular formula is C21H30O2. The number of fused-ring (bicyclic) bond motifs is 3. The van der Waals surface area contributed by atoms with Crippen molar-refractivity contribution in [3.05, 3.63) is 24.3 Å². The van der Waals surface area contributed by atoms with Crippen molar-refractivity contribution >= 4 is 11.6 Å². The third kappa shape index (κ3) is 1.87. The van der Waals surface area contributed by atoms with Gasteiger partial charge < -0.3 is 0 Å². The summed E-state index contributed by atoms with van der Waals surface area (Å²) in [5, 5.41) is 0. The SMILES string of the molecule is C=C[C@]1(C)C=C2CC[C@]3(C)C(C)(C)C(=O)CC[C@@]3(C)[C@@H]2CC1=O. The molecule has 0 heterocycles. The first kappa shape index (κ1) is 16.7. The predicted molar refractivity (Wildman–Crippen MR) is 93.0 cm³/mol. The highest BCUT2D eigenvalue weighted by Gasteiger charge is 2.64. The Labute approximate surface area is 140 Å². The monoisotopic (exact) mass is 314 g/mol. The normalized spacial score (nSPS) is 45.8. The van der Waals surface area contributed by atoms with E-state index < -0.39 is 5.41 Å². The summed E-state index contributed by atoms with van der Waals surface area (Å²) < 4.78 is 0. The second-order valence-corrected chi connectivity index (χ2v) is 9.18. The highest BCUT2D eigenvalue weighted by Crippen LogP contribution is 2.69. The largest absolute Gasteiger partial charge is 0.299 e. The van der Waals surface area contributed by atoms with E-state index in [0.717, 1.165) is 19.3 Å². The van der Waals surface area contributed by atoms with Crippen molar-refractivity contribution in [2.45, 2.75) is 66.7 Å². The number of hydrogen-bond acceptors (Lipinski definition) is 2. The second kappa shape index (κ2) is 4.68. The molecule has 0 aromatic carbocycles. The van der Waals surface area contributed by atoms with E-state index in [1.54, 1.807) is 6.08 Å². The molecule has 2 saturated carbocycles. The minimum atomic E-state index is -0.504. The average molecular weight is 314 g/mol. The molecule has 3 aliphatic rings. The molecule has 126 valence electrons. The lowest BCUT2D eigenvalue weighted by atomic mass is 9.38. The summed E-state index contributed by atoms with van der Waals surface area (Å²) in [6.07, 6.45) is 8.18. The molecule has 0 unspecified atom stereocenters. The third-order valence-corrected chi connectivity index (χ3v) is 8.24. The highest BCUT2D eigenvalue weighted by atomic mass is 16.1. The Hall–Kier alpha value is -1.18. The fourth-order valence-corrected chi connectivity index (χ4v) is 5.69. The molecule has 2 heteroatoms. The van der Waals surface area contributed by atoms with Gasteiger partial charge in [-0.15, -0.1) is 6.58 Å². The van der Waals surface area contributed by atoms with E-state index in [4.69, 9.17) is 0 Å². The molecule has 0 N–H and O–H groups in total. The van der Waals surface area contributed by atoms with Crippen molar-refractivity contribution in [2.75, 3.05) is 0 Å². The van der Waals surface area contributed by atoms with E-state index in [-0.39, 0.29) is 27.9 Å². The first-order valence-corrected chi connectivity index (χ1v) is 8.94. The summed E-state index contributed by atoms with van der Waals surface area (Å²) in [6, 6.07) is 0. The number of Topliss-reactive ketones (excluding diaryl/α,β-unsaturated/α-hetero) is 2. The standard InChI is InChI=1S/C21H30O2/c1-7-19(4)13-14-8-11-21(6)18(2,3)16(22)9-10-20(21,5)15(14)12-17(19)23/h7,13,15H,1,8-12H2,2-6H3/t15-,19-,20+,21-/m1/s1. The Kier molecular flexibility index (Phi) is 3.39. The Morgan fingerprint density at radius 3 is 2.30 bits per heavy atom. The lowest BCUT2D eigenvalue weighted by Crippen LogP contribution is -2.61. The van der Waals surface area contributed by atoms with Crippen molar-refractivity contribution < 1.29 is 9.59 Å². The van der Waals surface area contributed by atoms with Crippen LogP contribution in [-0.4, -0.2) is 11.6 Å². The number of carbonyl (C=O) groups excluding carboxylic acids is 2. The molecule has 2 fully saturated rings. The van der Waals surface area contributed by atoms with Crippen molar-refractivity contribution in [1.29, 1.82) is 0 Å². The van der Waals surface area contributed by atoms with E-state index in [1.165, 1.54) is 5.57 Å². The Balaban J connectivity index is 2.11. The number of rotatable bonds is 1. The summed E-state index contributed by atoms with van der Waals surface area (Å²) in [5.41, 5.74) is 0.590. The van der Waals surface area contributed by atoms with E-state index in [1.807, 2.05) is 6.92 Å².